The van der Waals surface area contributed by atoms with Crippen LogP contribution in [0.3, 0.4) is 0 Å². The average molecular weight is 277 g/mol. The maximum atomic E-state index is 3.86. The van der Waals surface area contributed by atoms with Gasteiger partial charge >= 0.3 is 59.9 Å². The Kier molecular flexibility index (Phi) is 6.46. The van der Waals surface area contributed by atoms with Crippen molar-refractivity contribution in [2.24, 2.45) is 4.99 Å². The van der Waals surface area contributed by atoms with E-state index in [1.54, 1.807) is 12.3 Å². The summed E-state index contributed by atoms with van der Waals surface area (Å²) in [5.41, 5.74) is 0. The van der Waals surface area contributed by atoms with Gasteiger partial charge in [-0.25, -0.2) is 0 Å². The van der Waals surface area contributed by atoms with Crippen molar-refractivity contribution in [1.82, 2.24) is 0 Å². The zero-order chi connectivity index (χ0) is 6.24. The fourth-order valence-corrected chi connectivity index (χ4v) is 0.466. The summed E-state index contributed by atoms with van der Waals surface area (Å²) in [7, 11) is 0. The van der Waals surface area contributed by atoms with Gasteiger partial charge in [0.2, 0.25) is 0 Å². The summed E-state index contributed by atoms with van der Waals surface area (Å²) in [5.74, 6) is 0. The van der Waals surface area contributed by atoms with Gasteiger partial charge in [0.15, 0.2) is 0 Å². The van der Waals surface area contributed by atoms with Gasteiger partial charge in [-0.15, -0.1) is 0 Å². The summed E-state index contributed by atoms with van der Waals surface area (Å²) >= 11 is 1.36. The topological polar surface area (TPSA) is 12.4 Å². The number of allylic oxidation sites excluding steroid dienone is 3. The minimum absolute atomic E-state index is 1.36. The zero-order valence-corrected chi connectivity index (χ0v) is 7.38. The predicted molar refractivity (Wildman–Crippen MR) is 33.9 cm³/mol. The van der Waals surface area contributed by atoms with E-state index in [-0.39, 0.29) is 0 Å². The second kappa shape index (κ2) is 6.71. The molecule has 0 aliphatic heterocycles. The summed E-state index contributed by atoms with van der Waals surface area (Å²) in [6, 6.07) is 0. The van der Waals surface area contributed by atoms with Crippen LogP contribution in [0.1, 0.15) is 0 Å². The summed E-state index contributed by atoms with van der Waals surface area (Å²) < 4.78 is 1.81. The van der Waals surface area contributed by atoms with Gasteiger partial charge in [-0.1, -0.05) is 0 Å². The van der Waals surface area contributed by atoms with Crippen molar-refractivity contribution in [3.8, 4) is 0 Å². The van der Waals surface area contributed by atoms with Gasteiger partial charge in [0.05, 0.1) is 0 Å². The molecule has 0 heterocycles. The number of aliphatic imine (C=N–C) groups is 1. The van der Waals surface area contributed by atoms with E-state index in [0.717, 1.165) is 0 Å². The molecule has 0 spiro atoms. The minimum atomic E-state index is 1.36. The molecule has 1 nitrogen and oxygen atoms in total. The standard InChI is InChI=1S/C6H7N.W/c1-3-4-5-6-7-2;/h2-6H,1H2;. The van der Waals surface area contributed by atoms with Crippen LogP contribution in [0.5, 0.6) is 0 Å². The Labute approximate surface area is 60.2 Å². The van der Waals surface area contributed by atoms with Crippen LogP contribution in [0, 0.1) is 0 Å². The number of hydrogen-bond donors (Lipinski definition) is 0. The van der Waals surface area contributed by atoms with Crippen LogP contribution >= 0.6 is 0 Å². The first-order chi connectivity index (χ1) is 3.91. The van der Waals surface area contributed by atoms with Gasteiger partial charge in [-0.3, -0.25) is 0 Å². The number of rotatable bonds is 3. The van der Waals surface area contributed by atoms with Crippen molar-refractivity contribution in [3.63, 3.8) is 0 Å². The van der Waals surface area contributed by atoms with Gasteiger partial charge in [0, 0.05) is 0 Å². The predicted octanol–water partition coefficient (Wildman–Crippen LogP) is 1.11. The van der Waals surface area contributed by atoms with E-state index in [0.29, 0.717) is 0 Å². The number of nitrogens with zero attached hydrogens (tertiary/aromatic N) is 1. The molecule has 8 heavy (non-hydrogen) atoms. The van der Waals surface area contributed by atoms with Gasteiger partial charge in [-0.05, 0) is 0 Å². The van der Waals surface area contributed by atoms with Crippen molar-refractivity contribution in [2.45, 2.75) is 0 Å². The molecule has 0 unspecified atom stereocenters. The molecule has 0 aliphatic carbocycles. The molecular formula is C6H7NW. The van der Waals surface area contributed by atoms with Crippen molar-refractivity contribution in [1.29, 1.82) is 0 Å². The van der Waals surface area contributed by atoms with Crippen LogP contribution in [0.15, 0.2) is 29.8 Å². The quantitative estimate of drug-likeness (QED) is 0.541. The van der Waals surface area contributed by atoms with Crippen LogP contribution in [0.2, 0.25) is 0 Å². The molecule has 0 amide bonds. The van der Waals surface area contributed by atoms with Gasteiger partial charge in [0.1, 0.15) is 0 Å². The SMILES string of the molecule is C=CC=CC=N[CH]=[W]. The van der Waals surface area contributed by atoms with Crippen molar-refractivity contribution in [2.75, 3.05) is 0 Å². The molecule has 0 rings (SSSR count). The molecule has 2 heteroatoms. The maximum absolute atomic E-state index is 3.86. The fraction of sp³-hybridized carbons (Fsp3) is 0. The summed E-state index contributed by atoms with van der Waals surface area (Å²) in [6.07, 6.45) is 7.12. The van der Waals surface area contributed by atoms with Crippen LogP contribution in [-0.2, 0) is 19.4 Å². The van der Waals surface area contributed by atoms with E-state index in [4.69, 9.17) is 0 Å². The van der Waals surface area contributed by atoms with Gasteiger partial charge in [-0.2, -0.15) is 0 Å². The summed E-state index contributed by atoms with van der Waals surface area (Å²) in [4.78, 5) is 3.86. The Morgan fingerprint density at radius 3 is 2.62 bits per heavy atom. The van der Waals surface area contributed by atoms with Crippen LogP contribution in [-0.4, -0.2) is 10.7 Å². The molecule has 0 saturated carbocycles. The average Bonchev–Trinajstić information content (AvgIpc) is 1.81. The van der Waals surface area contributed by atoms with Gasteiger partial charge < -0.3 is 0 Å². The first-order valence-corrected chi connectivity index (χ1v) is 3.85. The molecule has 42 valence electrons. The van der Waals surface area contributed by atoms with Crippen molar-refractivity contribution in [3.05, 3.63) is 24.8 Å². The normalized spacial score (nSPS) is 10.5. The molecule has 0 aromatic rings. The first-order valence-electron chi connectivity index (χ1n) is 2.16. The molecule has 0 atom stereocenters. The Morgan fingerprint density at radius 1 is 1.38 bits per heavy atom. The third kappa shape index (κ3) is 5.71. The van der Waals surface area contributed by atoms with Crippen LogP contribution in [0.4, 0.5) is 0 Å². The summed E-state index contributed by atoms with van der Waals surface area (Å²) in [6.45, 7) is 3.50. The Hall–Kier alpha value is -0.292. The van der Waals surface area contributed by atoms with E-state index in [1.165, 1.54) is 19.4 Å². The van der Waals surface area contributed by atoms with Crippen LogP contribution in [0.25, 0.3) is 0 Å². The third-order valence-electron chi connectivity index (χ3n) is 0.480. The molecule has 0 aliphatic rings. The Morgan fingerprint density at radius 2 is 2.12 bits per heavy atom. The number of hydrogen-bond acceptors (Lipinski definition) is 1. The molecule has 0 bridgehead atoms. The molecule has 0 aromatic heterocycles. The molecule has 0 fully saturated rings. The van der Waals surface area contributed by atoms with E-state index >= 15 is 0 Å². The molecule has 0 N–H and O–H groups in total. The molecule has 0 saturated heterocycles. The van der Waals surface area contributed by atoms with Crippen molar-refractivity contribution < 1.29 is 19.4 Å². The summed E-state index contributed by atoms with van der Waals surface area (Å²) in [5, 5.41) is 0. The Balaban J connectivity index is 3.41. The van der Waals surface area contributed by atoms with E-state index in [1.807, 2.05) is 16.7 Å². The van der Waals surface area contributed by atoms with Crippen LogP contribution < -0.4 is 0 Å². The second-order valence-corrected chi connectivity index (χ2v) is 1.78. The first kappa shape index (κ1) is 7.71. The second-order valence-electron chi connectivity index (χ2n) is 1.02. The zero-order valence-electron chi connectivity index (χ0n) is 4.45. The molecule has 0 radical (unpaired) electrons. The van der Waals surface area contributed by atoms with Crippen molar-refractivity contribution >= 4 is 10.7 Å². The van der Waals surface area contributed by atoms with Gasteiger partial charge in [0.25, 0.3) is 0 Å². The van der Waals surface area contributed by atoms with E-state index in [9.17, 15) is 0 Å². The van der Waals surface area contributed by atoms with E-state index in [2.05, 4.69) is 11.6 Å². The monoisotopic (exact) mass is 277 g/mol. The Bertz CT molecular complexity index is 108. The van der Waals surface area contributed by atoms with E-state index < -0.39 is 0 Å². The molecular weight excluding hydrogens is 270 g/mol. The fourth-order valence-electron chi connectivity index (χ4n) is 0.213. The molecule has 0 aromatic carbocycles. The third-order valence-corrected chi connectivity index (χ3v) is 0.917.